The maximum atomic E-state index is 12.4. The van der Waals surface area contributed by atoms with Gasteiger partial charge in [-0.05, 0) is 17.7 Å². The lowest BCUT2D eigenvalue weighted by atomic mass is 10.1. The summed E-state index contributed by atoms with van der Waals surface area (Å²) in [5.41, 5.74) is 2.16. The number of imidazole rings is 1. The summed E-state index contributed by atoms with van der Waals surface area (Å²) in [6.45, 7) is 0.184. The Bertz CT molecular complexity index is 1020. The van der Waals surface area contributed by atoms with Crippen LogP contribution in [0.5, 0.6) is 0 Å². The fourth-order valence-corrected chi connectivity index (χ4v) is 3.11. The first kappa shape index (κ1) is 18.4. The van der Waals surface area contributed by atoms with Crippen LogP contribution in [0.2, 0.25) is 0 Å². The van der Waals surface area contributed by atoms with Crippen molar-refractivity contribution in [3.8, 4) is 0 Å². The number of aryl methyl sites for hydroxylation is 2. The molecular formula is C20H21N3O4. The third-order valence-corrected chi connectivity index (χ3v) is 4.53. The minimum atomic E-state index is -1.09. The molecule has 0 saturated carbocycles. The number of hydrogen-bond acceptors (Lipinski definition) is 3. The number of carboxylic acid groups (broad SMARTS) is 1. The van der Waals surface area contributed by atoms with Crippen molar-refractivity contribution in [3.05, 3.63) is 70.6 Å². The molecule has 27 heavy (non-hydrogen) atoms. The molecule has 0 spiro atoms. The molecule has 1 atom stereocenters. The summed E-state index contributed by atoms with van der Waals surface area (Å²) in [5.74, 6) is -1.49. The predicted molar refractivity (Wildman–Crippen MR) is 102 cm³/mol. The molecule has 0 bridgehead atoms. The zero-order valence-corrected chi connectivity index (χ0v) is 15.0. The first-order chi connectivity index (χ1) is 13.0. The molecule has 1 aromatic heterocycles. The Morgan fingerprint density at radius 1 is 1.04 bits per heavy atom. The van der Waals surface area contributed by atoms with E-state index in [4.69, 9.17) is 0 Å². The number of nitrogens with one attached hydrogen (secondary N) is 1. The SMILES string of the molecule is Cn1c(=O)n(CCC(=O)N[C@H](Cc2ccccc2)C(=O)O)c2ccccc21. The third-order valence-electron chi connectivity index (χ3n) is 4.53. The Morgan fingerprint density at radius 2 is 1.67 bits per heavy atom. The summed E-state index contributed by atoms with van der Waals surface area (Å²) in [5, 5.41) is 11.9. The average Bonchev–Trinajstić information content (AvgIpc) is 2.91. The number of carbonyl (C=O) groups excluding carboxylic acids is 1. The fourth-order valence-electron chi connectivity index (χ4n) is 3.11. The highest BCUT2D eigenvalue weighted by Gasteiger charge is 2.20. The van der Waals surface area contributed by atoms with Crippen LogP contribution in [-0.4, -0.2) is 32.2 Å². The number of aromatic nitrogens is 2. The van der Waals surface area contributed by atoms with Crippen molar-refractivity contribution in [2.75, 3.05) is 0 Å². The molecule has 0 fully saturated rings. The number of nitrogens with zero attached hydrogens (tertiary/aromatic N) is 2. The number of fused-ring (bicyclic) bond motifs is 1. The van der Waals surface area contributed by atoms with Gasteiger partial charge in [0.2, 0.25) is 5.91 Å². The normalized spacial score (nSPS) is 12.0. The van der Waals surface area contributed by atoms with E-state index in [0.29, 0.717) is 0 Å². The van der Waals surface area contributed by atoms with Crippen LogP contribution in [0, 0.1) is 0 Å². The Kier molecular flexibility index (Phi) is 5.40. The third kappa shape index (κ3) is 4.08. The van der Waals surface area contributed by atoms with Crippen molar-refractivity contribution in [1.82, 2.24) is 14.5 Å². The van der Waals surface area contributed by atoms with Crippen LogP contribution in [0.15, 0.2) is 59.4 Å². The molecule has 0 saturated heterocycles. The van der Waals surface area contributed by atoms with Crippen molar-refractivity contribution >= 4 is 22.9 Å². The first-order valence-corrected chi connectivity index (χ1v) is 8.67. The Balaban J connectivity index is 1.68. The molecule has 2 N–H and O–H groups in total. The number of rotatable bonds is 7. The molecule has 1 amide bonds. The van der Waals surface area contributed by atoms with Gasteiger partial charge in [-0.1, -0.05) is 42.5 Å². The first-order valence-electron chi connectivity index (χ1n) is 8.67. The van der Waals surface area contributed by atoms with Crippen molar-refractivity contribution < 1.29 is 14.7 Å². The summed E-state index contributed by atoms with van der Waals surface area (Å²) in [6.07, 6.45) is 0.225. The van der Waals surface area contributed by atoms with E-state index in [0.717, 1.165) is 16.6 Å². The molecule has 3 aromatic rings. The lowest BCUT2D eigenvalue weighted by molar-refractivity contribution is -0.141. The topological polar surface area (TPSA) is 93.3 Å². The fraction of sp³-hybridized carbons (Fsp3) is 0.250. The highest BCUT2D eigenvalue weighted by atomic mass is 16.4. The van der Waals surface area contributed by atoms with Crippen LogP contribution in [0.25, 0.3) is 11.0 Å². The molecule has 3 rings (SSSR count). The van der Waals surface area contributed by atoms with Crippen LogP contribution < -0.4 is 11.0 Å². The van der Waals surface area contributed by atoms with Gasteiger partial charge in [-0.2, -0.15) is 0 Å². The van der Waals surface area contributed by atoms with Gasteiger partial charge in [-0.25, -0.2) is 9.59 Å². The predicted octanol–water partition coefficient (Wildman–Crippen LogP) is 1.54. The average molecular weight is 367 g/mol. The number of para-hydroxylation sites is 2. The van der Waals surface area contributed by atoms with Gasteiger partial charge in [0, 0.05) is 26.4 Å². The van der Waals surface area contributed by atoms with E-state index >= 15 is 0 Å². The van der Waals surface area contributed by atoms with E-state index in [9.17, 15) is 19.5 Å². The van der Waals surface area contributed by atoms with Gasteiger partial charge in [0.05, 0.1) is 11.0 Å². The molecule has 1 heterocycles. The summed E-state index contributed by atoms with van der Waals surface area (Å²) < 4.78 is 3.06. The van der Waals surface area contributed by atoms with Crippen LogP contribution in [0.1, 0.15) is 12.0 Å². The number of amides is 1. The standard InChI is InChI=1S/C20H21N3O4/c1-22-16-9-5-6-10-17(16)23(20(22)27)12-11-18(24)21-15(19(25)26)13-14-7-3-2-4-8-14/h2-10,15H,11-13H2,1H3,(H,21,24)(H,25,26)/t15-/m1/s1. The number of carboxylic acids is 1. The van der Waals surface area contributed by atoms with E-state index in [1.165, 1.54) is 9.13 Å². The van der Waals surface area contributed by atoms with Crippen molar-refractivity contribution in [2.45, 2.75) is 25.4 Å². The molecular weight excluding hydrogens is 346 g/mol. The van der Waals surface area contributed by atoms with E-state index in [-0.39, 0.29) is 25.1 Å². The van der Waals surface area contributed by atoms with Gasteiger partial charge in [-0.3, -0.25) is 13.9 Å². The lowest BCUT2D eigenvalue weighted by Crippen LogP contribution is -2.42. The van der Waals surface area contributed by atoms with Gasteiger partial charge in [0.25, 0.3) is 0 Å². The van der Waals surface area contributed by atoms with Crippen molar-refractivity contribution in [2.24, 2.45) is 7.05 Å². The molecule has 0 unspecified atom stereocenters. The van der Waals surface area contributed by atoms with Crippen LogP contribution in [-0.2, 0) is 29.6 Å². The molecule has 140 valence electrons. The van der Waals surface area contributed by atoms with Crippen molar-refractivity contribution in [3.63, 3.8) is 0 Å². The van der Waals surface area contributed by atoms with Gasteiger partial charge < -0.3 is 10.4 Å². The van der Waals surface area contributed by atoms with E-state index in [1.54, 1.807) is 7.05 Å². The van der Waals surface area contributed by atoms with E-state index < -0.39 is 17.9 Å². The second kappa shape index (κ2) is 7.90. The molecule has 0 aliphatic rings. The summed E-state index contributed by atoms with van der Waals surface area (Å²) in [4.78, 5) is 36.1. The molecule has 0 aliphatic heterocycles. The highest BCUT2D eigenvalue weighted by Crippen LogP contribution is 2.12. The maximum Gasteiger partial charge on any atom is 0.328 e. The zero-order valence-electron chi connectivity index (χ0n) is 15.0. The van der Waals surface area contributed by atoms with Gasteiger partial charge in [0.15, 0.2) is 0 Å². The number of carbonyl (C=O) groups is 2. The number of aliphatic carboxylic acids is 1. The van der Waals surface area contributed by atoms with Crippen LogP contribution >= 0.6 is 0 Å². The zero-order chi connectivity index (χ0) is 19.4. The van der Waals surface area contributed by atoms with Gasteiger partial charge in [0.1, 0.15) is 6.04 Å². The lowest BCUT2D eigenvalue weighted by Gasteiger charge is -2.15. The van der Waals surface area contributed by atoms with Crippen molar-refractivity contribution in [1.29, 1.82) is 0 Å². The van der Waals surface area contributed by atoms with E-state index in [2.05, 4.69) is 5.32 Å². The molecule has 7 heteroatoms. The number of hydrogen-bond donors (Lipinski definition) is 2. The second-order valence-corrected chi connectivity index (χ2v) is 6.38. The number of benzene rings is 2. The summed E-state index contributed by atoms with van der Waals surface area (Å²) >= 11 is 0. The summed E-state index contributed by atoms with van der Waals surface area (Å²) in [6, 6.07) is 15.5. The molecule has 0 radical (unpaired) electrons. The largest absolute Gasteiger partial charge is 0.480 e. The quantitative estimate of drug-likeness (QED) is 0.662. The minimum absolute atomic E-state index is 0.0203. The van der Waals surface area contributed by atoms with Gasteiger partial charge >= 0.3 is 11.7 Å². The maximum absolute atomic E-state index is 12.4. The molecule has 2 aromatic carbocycles. The van der Waals surface area contributed by atoms with E-state index in [1.807, 2.05) is 54.6 Å². The second-order valence-electron chi connectivity index (χ2n) is 6.38. The Hall–Kier alpha value is -3.35. The van der Waals surface area contributed by atoms with Crippen LogP contribution in [0.4, 0.5) is 0 Å². The summed E-state index contributed by atoms with van der Waals surface area (Å²) in [7, 11) is 1.68. The highest BCUT2D eigenvalue weighted by molar-refractivity contribution is 5.84. The monoisotopic (exact) mass is 367 g/mol. The van der Waals surface area contributed by atoms with Gasteiger partial charge in [-0.15, -0.1) is 0 Å². The smallest absolute Gasteiger partial charge is 0.328 e. The Morgan fingerprint density at radius 3 is 2.33 bits per heavy atom. The Labute approximate surface area is 155 Å². The minimum Gasteiger partial charge on any atom is -0.480 e. The van der Waals surface area contributed by atoms with Crippen LogP contribution in [0.3, 0.4) is 0 Å². The molecule has 0 aliphatic carbocycles. The molecule has 7 nitrogen and oxygen atoms in total.